The molecule has 38 heavy (non-hydrogen) atoms. The van der Waals surface area contributed by atoms with E-state index in [1.807, 2.05) is 54.7 Å². The molecule has 0 fully saturated rings. The molecular formula is C27H26N4O6S. The Labute approximate surface area is 218 Å². The smallest absolute Gasteiger partial charge is 0.255 e. The maximum Gasteiger partial charge on any atom is 0.255 e. The zero-order valence-electron chi connectivity index (χ0n) is 20.2. The summed E-state index contributed by atoms with van der Waals surface area (Å²) in [7, 11) is -4.34. The van der Waals surface area contributed by atoms with Gasteiger partial charge in [0.2, 0.25) is 15.8 Å². The van der Waals surface area contributed by atoms with Crippen LogP contribution in [0.3, 0.4) is 0 Å². The van der Waals surface area contributed by atoms with Gasteiger partial charge in [0.05, 0.1) is 5.56 Å². The summed E-state index contributed by atoms with van der Waals surface area (Å²) in [5.41, 5.74) is 3.28. The lowest BCUT2D eigenvalue weighted by Gasteiger charge is -2.14. The molecule has 196 valence electrons. The summed E-state index contributed by atoms with van der Waals surface area (Å²) in [5.74, 6) is -3.85. The molecule has 7 N–H and O–H groups in total. The van der Waals surface area contributed by atoms with Gasteiger partial charge >= 0.3 is 0 Å². The highest BCUT2D eigenvalue weighted by atomic mass is 32.2. The van der Waals surface area contributed by atoms with Crippen LogP contribution in [0.15, 0.2) is 71.9 Å². The van der Waals surface area contributed by atoms with Crippen LogP contribution < -0.4 is 10.0 Å². The third kappa shape index (κ3) is 4.76. The number of phenols is 3. The predicted molar refractivity (Wildman–Crippen MR) is 143 cm³/mol. The lowest BCUT2D eigenvalue weighted by atomic mass is 10.1. The number of para-hydroxylation sites is 2. The first-order chi connectivity index (χ1) is 18.3. The molecule has 1 amide bonds. The molecule has 0 aliphatic rings. The number of carbonyl (C=O) groups excluding carboxylic acids is 1. The molecule has 5 aromatic rings. The number of hydrogen-bond donors (Lipinski definition) is 7. The van der Waals surface area contributed by atoms with Crippen LogP contribution in [0, 0.1) is 0 Å². The summed E-state index contributed by atoms with van der Waals surface area (Å²) in [6, 6.07) is 16.2. The number of H-pyrrole nitrogens is 2. The monoisotopic (exact) mass is 534 g/mol. The lowest BCUT2D eigenvalue weighted by Crippen LogP contribution is -2.28. The molecule has 0 spiro atoms. The first-order valence-electron chi connectivity index (χ1n) is 11.9. The summed E-state index contributed by atoms with van der Waals surface area (Å²) in [6.07, 6.45) is 4.46. The maximum atomic E-state index is 13.0. The molecule has 2 heterocycles. The van der Waals surface area contributed by atoms with Crippen LogP contribution in [0.25, 0.3) is 21.8 Å². The number of hydrogen-bond acceptors (Lipinski definition) is 6. The van der Waals surface area contributed by atoms with Crippen LogP contribution in [-0.4, -0.2) is 52.7 Å². The minimum Gasteiger partial charge on any atom is -0.504 e. The summed E-state index contributed by atoms with van der Waals surface area (Å²) in [4.78, 5) is 18.4. The average molecular weight is 535 g/mol. The Kier molecular flexibility index (Phi) is 6.70. The number of sulfonamides is 1. The van der Waals surface area contributed by atoms with E-state index in [1.54, 1.807) is 6.20 Å². The molecular weight excluding hydrogens is 508 g/mol. The Morgan fingerprint density at radius 2 is 1.32 bits per heavy atom. The van der Waals surface area contributed by atoms with Crippen LogP contribution in [0.5, 0.6) is 17.2 Å². The van der Waals surface area contributed by atoms with E-state index in [1.165, 1.54) is 0 Å². The summed E-state index contributed by atoms with van der Waals surface area (Å²) in [6.45, 7) is 0.185. The fourth-order valence-electron chi connectivity index (χ4n) is 4.48. The summed E-state index contributed by atoms with van der Waals surface area (Å²) in [5, 5.41) is 35.3. The summed E-state index contributed by atoms with van der Waals surface area (Å²) < 4.78 is 28.3. The fourth-order valence-corrected chi connectivity index (χ4v) is 5.63. The van der Waals surface area contributed by atoms with E-state index < -0.39 is 43.6 Å². The number of amides is 1. The van der Waals surface area contributed by atoms with Crippen molar-refractivity contribution in [2.24, 2.45) is 0 Å². The van der Waals surface area contributed by atoms with Crippen molar-refractivity contribution in [1.82, 2.24) is 20.0 Å². The van der Waals surface area contributed by atoms with E-state index in [-0.39, 0.29) is 13.1 Å². The molecule has 0 aliphatic carbocycles. The van der Waals surface area contributed by atoms with Crippen molar-refractivity contribution in [2.75, 3.05) is 13.1 Å². The Bertz CT molecular complexity index is 1760. The lowest BCUT2D eigenvalue weighted by molar-refractivity contribution is 0.0950. The number of phenolic OH excluding ortho intramolecular Hbond substituents is 3. The minimum absolute atomic E-state index is 0.00257. The van der Waals surface area contributed by atoms with Gasteiger partial charge in [-0.1, -0.05) is 36.4 Å². The molecule has 0 aliphatic heterocycles. The highest BCUT2D eigenvalue weighted by molar-refractivity contribution is 7.89. The Morgan fingerprint density at radius 1 is 0.763 bits per heavy atom. The van der Waals surface area contributed by atoms with E-state index in [0.717, 1.165) is 39.0 Å². The Hall–Kier alpha value is -4.48. The van der Waals surface area contributed by atoms with Crippen molar-refractivity contribution in [2.45, 2.75) is 17.7 Å². The molecule has 0 saturated carbocycles. The number of rotatable bonds is 9. The summed E-state index contributed by atoms with van der Waals surface area (Å²) >= 11 is 0. The van der Waals surface area contributed by atoms with Crippen molar-refractivity contribution >= 4 is 37.7 Å². The van der Waals surface area contributed by atoms with Crippen LogP contribution >= 0.6 is 0 Å². The fraction of sp³-hybridized carbons (Fsp3) is 0.148. The third-order valence-corrected chi connectivity index (χ3v) is 7.94. The molecule has 0 bridgehead atoms. The Morgan fingerprint density at radius 3 is 1.92 bits per heavy atom. The van der Waals surface area contributed by atoms with Gasteiger partial charge in [-0.15, -0.1) is 0 Å². The number of carbonyl (C=O) groups is 1. The van der Waals surface area contributed by atoms with Gasteiger partial charge in [0.1, 0.15) is 4.90 Å². The molecule has 0 radical (unpaired) electrons. The highest BCUT2D eigenvalue weighted by Gasteiger charge is 2.28. The topological polar surface area (TPSA) is 168 Å². The van der Waals surface area contributed by atoms with Gasteiger partial charge < -0.3 is 30.6 Å². The minimum atomic E-state index is -4.34. The maximum absolute atomic E-state index is 13.0. The number of fused-ring (bicyclic) bond motifs is 2. The van der Waals surface area contributed by atoms with Gasteiger partial charge in [-0.2, -0.15) is 0 Å². The van der Waals surface area contributed by atoms with Gasteiger partial charge in [0, 0.05) is 47.3 Å². The SMILES string of the molecule is O=C(NCCc1c[nH]c2ccccc12)c1cc(S(=O)(=O)NCCc2c[nH]c3ccccc23)c(O)c(O)c1O. The van der Waals surface area contributed by atoms with Gasteiger partial charge in [-0.25, -0.2) is 13.1 Å². The second kappa shape index (κ2) is 10.1. The average Bonchev–Trinajstić information content (AvgIpc) is 3.51. The van der Waals surface area contributed by atoms with Crippen molar-refractivity contribution in [3.63, 3.8) is 0 Å². The van der Waals surface area contributed by atoms with E-state index in [9.17, 15) is 28.5 Å². The van der Waals surface area contributed by atoms with Crippen molar-refractivity contribution in [1.29, 1.82) is 0 Å². The normalized spacial score (nSPS) is 11.8. The number of aromatic nitrogens is 2. The molecule has 10 nitrogen and oxygen atoms in total. The highest BCUT2D eigenvalue weighted by Crippen LogP contribution is 2.42. The second-order valence-corrected chi connectivity index (χ2v) is 10.6. The molecule has 3 aromatic carbocycles. The zero-order chi connectivity index (χ0) is 26.9. The molecule has 0 saturated heterocycles. The number of benzene rings is 3. The Balaban J connectivity index is 1.29. The van der Waals surface area contributed by atoms with E-state index in [0.29, 0.717) is 12.8 Å². The number of aromatic amines is 2. The van der Waals surface area contributed by atoms with Crippen molar-refractivity contribution < 1.29 is 28.5 Å². The second-order valence-electron chi connectivity index (χ2n) is 8.84. The van der Waals surface area contributed by atoms with Crippen LogP contribution in [0.2, 0.25) is 0 Å². The van der Waals surface area contributed by atoms with Crippen LogP contribution in [0.4, 0.5) is 0 Å². The number of aromatic hydroxyl groups is 3. The van der Waals surface area contributed by atoms with Crippen molar-refractivity contribution in [3.8, 4) is 17.2 Å². The van der Waals surface area contributed by atoms with E-state index in [2.05, 4.69) is 20.0 Å². The van der Waals surface area contributed by atoms with E-state index >= 15 is 0 Å². The first-order valence-corrected chi connectivity index (χ1v) is 13.4. The van der Waals surface area contributed by atoms with Gasteiger partial charge in [0.15, 0.2) is 11.5 Å². The molecule has 0 atom stereocenters. The van der Waals surface area contributed by atoms with Crippen LogP contribution in [0.1, 0.15) is 21.5 Å². The molecule has 5 rings (SSSR count). The third-order valence-electron chi connectivity index (χ3n) is 6.46. The van der Waals surface area contributed by atoms with Gasteiger partial charge in [-0.3, -0.25) is 4.79 Å². The zero-order valence-corrected chi connectivity index (χ0v) is 21.0. The number of nitrogens with one attached hydrogen (secondary N) is 4. The van der Waals surface area contributed by atoms with E-state index in [4.69, 9.17) is 0 Å². The van der Waals surface area contributed by atoms with Crippen molar-refractivity contribution in [3.05, 3.63) is 83.7 Å². The molecule has 11 heteroatoms. The standard InChI is InChI=1S/C27H26N4O6S/c32-24-20(27(35)28-11-9-16-14-29-21-7-3-1-5-18(16)21)13-23(25(33)26(24)34)38(36,37)31-12-10-17-15-30-22-8-4-2-6-19(17)22/h1-8,13-15,29-34H,9-12H2,(H,28,35). The predicted octanol–water partition coefficient (Wildman–Crippen LogP) is 3.26. The first kappa shape index (κ1) is 25.2. The van der Waals surface area contributed by atoms with Gasteiger partial charge in [-0.05, 0) is 42.2 Å². The van der Waals surface area contributed by atoms with Crippen LogP contribution in [-0.2, 0) is 22.9 Å². The largest absolute Gasteiger partial charge is 0.504 e. The molecule has 2 aromatic heterocycles. The quantitative estimate of drug-likeness (QED) is 0.143. The van der Waals surface area contributed by atoms with Gasteiger partial charge in [0.25, 0.3) is 5.91 Å². The molecule has 0 unspecified atom stereocenters.